The fraction of sp³-hybridized carbons (Fsp3) is 0.0870. The second kappa shape index (κ2) is 10.2. The molecular formula is C23H20ClN3O3. The summed E-state index contributed by atoms with van der Waals surface area (Å²) in [4.78, 5) is 23.3. The molecule has 6 nitrogen and oxygen atoms in total. The third-order valence-corrected chi connectivity index (χ3v) is 4.27. The predicted octanol–water partition coefficient (Wildman–Crippen LogP) is 4.64. The van der Waals surface area contributed by atoms with Gasteiger partial charge < -0.3 is 10.1 Å². The van der Waals surface area contributed by atoms with Crippen LogP contribution in [0, 0.1) is 0 Å². The molecule has 0 aliphatic heterocycles. The zero-order valence-electron chi connectivity index (χ0n) is 16.3. The first-order chi connectivity index (χ1) is 14.5. The number of nitrogens with one attached hydrogen (secondary N) is 2. The smallest absolute Gasteiger partial charge is 0.271 e. The molecular weight excluding hydrogens is 402 g/mol. The third kappa shape index (κ3) is 6.18. The van der Waals surface area contributed by atoms with Gasteiger partial charge in [-0.2, -0.15) is 5.10 Å². The highest BCUT2D eigenvalue weighted by Crippen LogP contribution is 2.19. The van der Waals surface area contributed by atoms with E-state index in [2.05, 4.69) is 15.8 Å². The van der Waals surface area contributed by atoms with E-state index >= 15 is 0 Å². The van der Waals surface area contributed by atoms with Crippen molar-refractivity contribution in [2.45, 2.75) is 13.5 Å². The van der Waals surface area contributed by atoms with Gasteiger partial charge in [-0.3, -0.25) is 9.59 Å². The summed E-state index contributed by atoms with van der Waals surface area (Å²) >= 11 is 6.00. The van der Waals surface area contributed by atoms with E-state index in [1.54, 1.807) is 24.3 Å². The Balaban J connectivity index is 1.60. The number of nitrogens with zero attached hydrogens (tertiary/aromatic N) is 1. The number of anilines is 1. The number of halogens is 1. The number of carbonyl (C=O) groups excluding carboxylic acids is 2. The first kappa shape index (κ1) is 21.1. The van der Waals surface area contributed by atoms with E-state index in [1.165, 1.54) is 13.1 Å². The van der Waals surface area contributed by atoms with E-state index in [0.717, 1.165) is 11.1 Å². The lowest BCUT2D eigenvalue weighted by Gasteiger charge is -2.09. The van der Waals surface area contributed by atoms with Crippen LogP contribution in [0.2, 0.25) is 5.02 Å². The van der Waals surface area contributed by atoms with Crippen LogP contribution in [-0.4, -0.2) is 18.0 Å². The van der Waals surface area contributed by atoms with Crippen LogP contribution in [0.15, 0.2) is 77.9 Å². The van der Waals surface area contributed by atoms with E-state index in [0.29, 0.717) is 28.6 Å². The highest BCUT2D eigenvalue weighted by Gasteiger charge is 2.06. The van der Waals surface area contributed by atoms with Crippen molar-refractivity contribution in [2.24, 2.45) is 5.10 Å². The van der Waals surface area contributed by atoms with Gasteiger partial charge in [0.15, 0.2) is 0 Å². The summed E-state index contributed by atoms with van der Waals surface area (Å²) in [6.07, 6.45) is 1.52. The van der Waals surface area contributed by atoms with Crippen molar-refractivity contribution < 1.29 is 14.3 Å². The minimum absolute atomic E-state index is 0.173. The summed E-state index contributed by atoms with van der Waals surface area (Å²) in [5, 5.41) is 7.32. The number of hydrogen-bond donors (Lipinski definition) is 2. The van der Waals surface area contributed by atoms with Gasteiger partial charge in [0.1, 0.15) is 12.4 Å². The van der Waals surface area contributed by atoms with E-state index in [9.17, 15) is 9.59 Å². The normalized spacial score (nSPS) is 10.6. The summed E-state index contributed by atoms with van der Waals surface area (Å²) in [5.41, 5.74) is 5.20. The first-order valence-corrected chi connectivity index (χ1v) is 9.56. The molecule has 0 spiro atoms. The number of hydrogen-bond acceptors (Lipinski definition) is 4. The zero-order chi connectivity index (χ0) is 21.3. The van der Waals surface area contributed by atoms with Crippen molar-refractivity contribution in [1.82, 2.24) is 5.43 Å². The van der Waals surface area contributed by atoms with Gasteiger partial charge in [-0.25, -0.2) is 5.43 Å². The number of ether oxygens (including phenoxy) is 1. The predicted molar refractivity (Wildman–Crippen MR) is 118 cm³/mol. The van der Waals surface area contributed by atoms with Crippen molar-refractivity contribution in [2.75, 3.05) is 5.32 Å². The summed E-state index contributed by atoms with van der Waals surface area (Å²) in [7, 11) is 0. The minimum atomic E-state index is -0.363. The lowest BCUT2D eigenvalue weighted by molar-refractivity contribution is -0.114. The molecule has 2 N–H and O–H groups in total. The van der Waals surface area contributed by atoms with Gasteiger partial charge in [0.2, 0.25) is 5.91 Å². The molecule has 0 atom stereocenters. The molecule has 0 aliphatic carbocycles. The Morgan fingerprint density at radius 3 is 2.53 bits per heavy atom. The summed E-state index contributed by atoms with van der Waals surface area (Å²) in [5.74, 6) is 0.0983. The molecule has 0 heterocycles. The number of benzene rings is 3. The van der Waals surface area contributed by atoms with Crippen LogP contribution < -0.4 is 15.5 Å². The molecule has 3 rings (SSSR count). The van der Waals surface area contributed by atoms with Crippen LogP contribution in [0.3, 0.4) is 0 Å². The van der Waals surface area contributed by atoms with E-state index in [1.807, 2.05) is 48.5 Å². The minimum Gasteiger partial charge on any atom is -0.488 e. The van der Waals surface area contributed by atoms with Crippen LogP contribution in [0.25, 0.3) is 0 Å². The van der Waals surface area contributed by atoms with Crippen molar-refractivity contribution in [3.63, 3.8) is 0 Å². The maximum atomic E-state index is 12.2. The van der Waals surface area contributed by atoms with E-state index in [-0.39, 0.29) is 11.8 Å². The van der Waals surface area contributed by atoms with Gasteiger partial charge in [0, 0.05) is 28.8 Å². The molecule has 0 fully saturated rings. The third-order valence-electron chi connectivity index (χ3n) is 4.04. The average molecular weight is 422 g/mol. The number of para-hydroxylation sites is 1. The van der Waals surface area contributed by atoms with Crippen molar-refractivity contribution in [3.05, 3.63) is 94.5 Å². The fourth-order valence-electron chi connectivity index (χ4n) is 2.64. The Bertz CT molecular complexity index is 1070. The standard InChI is InChI=1S/C23H20ClN3O3/c1-16(28)26-21-11-9-18(10-12-21)23(29)27-25-14-19-6-2-3-8-22(19)30-15-17-5-4-7-20(24)13-17/h2-14H,15H2,1H3,(H,26,28)(H,27,29)/b25-14-. The summed E-state index contributed by atoms with van der Waals surface area (Å²) < 4.78 is 5.87. The molecule has 0 aromatic heterocycles. The van der Waals surface area contributed by atoms with Crippen LogP contribution in [-0.2, 0) is 11.4 Å². The summed E-state index contributed by atoms with van der Waals surface area (Å²) in [6.45, 7) is 1.78. The lowest BCUT2D eigenvalue weighted by atomic mass is 10.2. The SMILES string of the molecule is CC(=O)Nc1ccc(C(=O)N/N=C\c2ccccc2OCc2cccc(Cl)c2)cc1. The number of carbonyl (C=O) groups is 2. The Morgan fingerprint density at radius 2 is 1.80 bits per heavy atom. The van der Waals surface area contributed by atoms with Gasteiger partial charge in [-0.15, -0.1) is 0 Å². The molecule has 30 heavy (non-hydrogen) atoms. The number of hydrazone groups is 1. The maximum absolute atomic E-state index is 12.2. The second-order valence-electron chi connectivity index (χ2n) is 6.41. The average Bonchev–Trinajstić information content (AvgIpc) is 2.73. The van der Waals surface area contributed by atoms with Gasteiger partial charge in [0.25, 0.3) is 5.91 Å². The molecule has 3 aromatic rings. The fourth-order valence-corrected chi connectivity index (χ4v) is 2.85. The second-order valence-corrected chi connectivity index (χ2v) is 6.85. The van der Waals surface area contributed by atoms with Crippen LogP contribution in [0.5, 0.6) is 5.75 Å². The Morgan fingerprint density at radius 1 is 1.03 bits per heavy atom. The number of amides is 2. The lowest BCUT2D eigenvalue weighted by Crippen LogP contribution is -2.17. The van der Waals surface area contributed by atoms with Crippen LogP contribution in [0.1, 0.15) is 28.4 Å². The van der Waals surface area contributed by atoms with Gasteiger partial charge in [-0.05, 0) is 54.1 Å². The highest BCUT2D eigenvalue weighted by atomic mass is 35.5. The zero-order valence-corrected chi connectivity index (χ0v) is 17.0. The van der Waals surface area contributed by atoms with E-state index < -0.39 is 0 Å². The van der Waals surface area contributed by atoms with Gasteiger partial charge in [-0.1, -0.05) is 35.9 Å². The van der Waals surface area contributed by atoms with Gasteiger partial charge >= 0.3 is 0 Å². The van der Waals surface area contributed by atoms with Crippen molar-refractivity contribution in [3.8, 4) is 5.75 Å². The molecule has 0 radical (unpaired) electrons. The molecule has 152 valence electrons. The van der Waals surface area contributed by atoms with Crippen molar-refractivity contribution >= 4 is 35.3 Å². The molecule has 0 bridgehead atoms. The molecule has 2 amide bonds. The van der Waals surface area contributed by atoms with Crippen molar-refractivity contribution in [1.29, 1.82) is 0 Å². The molecule has 3 aromatic carbocycles. The quantitative estimate of drug-likeness (QED) is 0.430. The summed E-state index contributed by atoms with van der Waals surface area (Å²) in [6, 6.07) is 21.4. The van der Waals surface area contributed by atoms with E-state index in [4.69, 9.17) is 16.3 Å². The molecule has 7 heteroatoms. The maximum Gasteiger partial charge on any atom is 0.271 e. The molecule has 0 saturated heterocycles. The molecule has 0 aliphatic rings. The topological polar surface area (TPSA) is 79.8 Å². The largest absolute Gasteiger partial charge is 0.488 e. The Hall–Kier alpha value is -3.64. The number of rotatable bonds is 7. The van der Waals surface area contributed by atoms with Crippen LogP contribution >= 0.6 is 11.6 Å². The monoisotopic (exact) mass is 421 g/mol. The Labute approximate surface area is 179 Å². The Kier molecular flexibility index (Phi) is 7.19. The van der Waals surface area contributed by atoms with Gasteiger partial charge in [0.05, 0.1) is 6.21 Å². The highest BCUT2D eigenvalue weighted by molar-refractivity contribution is 6.30. The molecule has 0 unspecified atom stereocenters. The van der Waals surface area contributed by atoms with Crippen LogP contribution in [0.4, 0.5) is 5.69 Å². The first-order valence-electron chi connectivity index (χ1n) is 9.18. The molecule has 0 saturated carbocycles.